The van der Waals surface area contributed by atoms with E-state index in [0.29, 0.717) is 12.2 Å². The monoisotopic (exact) mass is 364 g/mol. The molecule has 4 nitrogen and oxygen atoms in total. The number of carbonyl (C=O) groups is 2. The minimum absolute atomic E-state index is 0.324. The summed E-state index contributed by atoms with van der Waals surface area (Å²) in [5, 5.41) is 0. The summed E-state index contributed by atoms with van der Waals surface area (Å²) >= 11 is 0. The van der Waals surface area contributed by atoms with Crippen LogP contribution in [0.1, 0.15) is 34.8 Å². The molecule has 0 aliphatic carbocycles. The Morgan fingerprint density at radius 1 is 0.963 bits per heavy atom. The zero-order valence-corrected chi connectivity index (χ0v) is 15.7. The van der Waals surface area contributed by atoms with Gasteiger partial charge in [0.05, 0.1) is 19.3 Å². The van der Waals surface area contributed by atoms with Crippen LogP contribution >= 0.6 is 0 Å². The summed E-state index contributed by atoms with van der Waals surface area (Å²) in [5.74, 6) is -0.787. The zero-order chi connectivity index (χ0) is 19.5. The standard InChI is InChI=1S/C23H24O4/c1-3-27-23(25)21-14-8-13-20(17-21)19(15-16-22(24)26-2)12-7-11-18-9-5-4-6-10-18/h4-6,8-10,12-17H,3,7,11H2,1-2H3. The average molecular weight is 364 g/mol. The van der Waals surface area contributed by atoms with E-state index in [1.165, 1.54) is 18.7 Å². The van der Waals surface area contributed by atoms with Gasteiger partial charge in [-0.1, -0.05) is 48.5 Å². The SMILES string of the molecule is CCOC(=O)c1cccc(C(C=CC(=O)OC)=CCCc2ccccc2)c1. The number of rotatable bonds is 8. The maximum Gasteiger partial charge on any atom is 0.338 e. The van der Waals surface area contributed by atoms with E-state index in [-0.39, 0.29) is 5.97 Å². The van der Waals surface area contributed by atoms with E-state index in [9.17, 15) is 9.59 Å². The molecule has 0 spiro atoms. The highest BCUT2D eigenvalue weighted by atomic mass is 16.5. The van der Waals surface area contributed by atoms with Gasteiger partial charge in [0.2, 0.25) is 0 Å². The van der Waals surface area contributed by atoms with Crippen molar-refractivity contribution in [2.75, 3.05) is 13.7 Å². The van der Waals surface area contributed by atoms with Crippen molar-refractivity contribution >= 4 is 17.5 Å². The van der Waals surface area contributed by atoms with Crippen molar-refractivity contribution in [3.05, 3.63) is 89.5 Å². The summed E-state index contributed by atoms with van der Waals surface area (Å²) in [6.45, 7) is 2.10. The van der Waals surface area contributed by atoms with Gasteiger partial charge in [-0.3, -0.25) is 0 Å². The molecule has 2 rings (SSSR count). The first-order valence-electron chi connectivity index (χ1n) is 8.91. The van der Waals surface area contributed by atoms with E-state index in [4.69, 9.17) is 4.74 Å². The molecule has 140 valence electrons. The molecule has 0 aromatic heterocycles. The van der Waals surface area contributed by atoms with Gasteiger partial charge in [0.25, 0.3) is 0 Å². The molecular formula is C23H24O4. The van der Waals surface area contributed by atoms with Gasteiger partial charge in [-0.05, 0) is 54.7 Å². The van der Waals surface area contributed by atoms with Crippen molar-refractivity contribution in [3.63, 3.8) is 0 Å². The van der Waals surface area contributed by atoms with Crippen LogP contribution in [-0.4, -0.2) is 25.7 Å². The van der Waals surface area contributed by atoms with Crippen molar-refractivity contribution in [2.24, 2.45) is 0 Å². The van der Waals surface area contributed by atoms with E-state index in [1.54, 1.807) is 31.2 Å². The van der Waals surface area contributed by atoms with Crippen LogP contribution in [0.3, 0.4) is 0 Å². The number of aryl methyl sites for hydroxylation is 1. The first-order valence-corrected chi connectivity index (χ1v) is 8.91. The van der Waals surface area contributed by atoms with Crippen molar-refractivity contribution in [3.8, 4) is 0 Å². The lowest BCUT2D eigenvalue weighted by Crippen LogP contribution is -2.04. The van der Waals surface area contributed by atoms with E-state index < -0.39 is 5.97 Å². The van der Waals surface area contributed by atoms with E-state index in [0.717, 1.165) is 24.0 Å². The van der Waals surface area contributed by atoms with Crippen LogP contribution in [0.25, 0.3) is 5.57 Å². The second kappa shape index (κ2) is 10.8. The fourth-order valence-electron chi connectivity index (χ4n) is 2.59. The Hall–Kier alpha value is -3.14. The molecule has 2 aromatic carbocycles. The molecule has 0 radical (unpaired) electrons. The Bertz CT molecular complexity index is 819. The molecule has 0 heterocycles. The molecule has 27 heavy (non-hydrogen) atoms. The summed E-state index contributed by atoms with van der Waals surface area (Å²) in [6.07, 6.45) is 6.83. The Morgan fingerprint density at radius 2 is 1.70 bits per heavy atom. The second-order valence-electron chi connectivity index (χ2n) is 5.84. The molecule has 0 atom stereocenters. The summed E-state index contributed by atoms with van der Waals surface area (Å²) < 4.78 is 9.74. The van der Waals surface area contributed by atoms with Gasteiger partial charge in [-0.2, -0.15) is 0 Å². The zero-order valence-electron chi connectivity index (χ0n) is 15.7. The lowest BCUT2D eigenvalue weighted by molar-refractivity contribution is -0.134. The Kier molecular flexibility index (Phi) is 8.04. The van der Waals surface area contributed by atoms with E-state index >= 15 is 0 Å². The topological polar surface area (TPSA) is 52.6 Å². The van der Waals surface area contributed by atoms with Crippen LogP contribution in [-0.2, 0) is 20.7 Å². The molecule has 0 N–H and O–H groups in total. The van der Waals surface area contributed by atoms with Crippen LogP contribution in [0.4, 0.5) is 0 Å². The third kappa shape index (κ3) is 6.59. The van der Waals surface area contributed by atoms with Crippen molar-refractivity contribution in [2.45, 2.75) is 19.8 Å². The number of methoxy groups -OCH3 is 1. The average Bonchev–Trinajstić information content (AvgIpc) is 2.71. The molecular weight excluding hydrogens is 340 g/mol. The third-order valence-corrected chi connectivity index (χ3v) is 3.95. The van der Waals surface area contributed by atoms with Crippen molar-refractivity contribution < 1.29 is 19.1 Å². The molecule has 0 aliphatic heterocycles. The molecule has 0 amide bonds. The largest absolute Gasteiger partial charge is 0.466 e. The van der Waals surface area contributed by atoms with E-state index in [2.05, 4.69) is 22.9 Å². The summed E-state index contributed by atoms with van der Waals surface area (Å²) in [4.78, 5) is 23.5. The van der Waals surface area contributed by atoms with Crippen LogP contribution in [0.2, 0.25) is 0 Å². The van der Waals surface area contributed by atoms with Crippen LogP contribution in [0.5, 0.6) is 0 Å². The van der Waals surface area contributed by atoms with Gasteiger partial charge in [-0.25, -0.2) is 9.59 Å². The highest BCUT2D eigenvalue weighted by molar-refractivity contribution is 5.92. The van der Waals surface area contributed by atoms with Gasteiger partial charge in [0.15, 0.2) is 0 Å². The number of carbonyl (C=O) groups excluding carboxylic acids is 2. The second-order valence-corrected chi connectivity index (χ2v) is 5.84. The maximum atomic E-state index is 12.0. The number of ether oxygens (including phenoxy) is 2. The maximum absolute atomic E-state index is 12.0. The van der Waals surface area contributed by atoms with Crippen LogP contribution < -0.4 is 0 Å². The molecule has 0 saturated heterocycles. The third-order valence-electron chi connectivity index (χ3n) is 3.95. The lowest BCUT2D eigenvalue weighted by Gasteiger charge is -2.07. The molecule has 0 unspecified atom stereocenters. The Labute approximate surface area is 160 Å². The molecule has 0 fully saturated rings. The fourth-order valence-corrected chi connectivity index (χ4v) is 2.59. The van der Waals surface area contributed by atoms with Gasteiger partial charge < -0.3 is 9.47 Å². The van der Waals surface area contributed by atoms with Gasteiger partial charge >= 0.3 is 11.9 Å². The van der Waals surface area contributed by atoms with Gasteiger partial charge in [0, 0.05) is 6.08 Å². The van der Waals surface area contributed by atoms with Gasteiger partial charge in [-0.15, -0.1) is 0 Å². The molecule has 0 bridgehead atoms. The quantitative estimate of drug-likeness (QED) is 0.390. The first kappa shape index (κ1) is 20.2. The Morgan fingerprint density at radius 3 is 2.41 bits per heavy atom. The smallest absolute Gasteiger partial charge is 0.338 e. The van der Waals surface area contributed by atoms with Crippen molar-refractivity contribution in [1.29, 1.82) is 0 Å². The predicted molar refractivity (Wildman–Crippen MR) is 106 cm³/mol. The first-order chi connectivity index (χ1) is 13.1. The highest BCUT2D eigenvalue weighted by Gasteiger charge is 2.08. The predicted octanol–water partition coefficient (Wildman–Crippen LogP) is 4.61. The molecule has 0 aliphatic rings. The molecule has 4 heteroatoms. The summed E-state index contributed by atoms with van der Waals surface area (Å²) in [6, 6.07) is 17.4. The molecule has 2 aromatic rings. The summed E-state index contributed by atoms with van der Waals surface area (Å²) in [5.41, 5.74) is 3.41. The fraction of sp³-hybridized carbons (Fsp3) is 0.217. The number of benzene rings is 2. The van der Waals surface area contributed by atoms with Gasteiger partial charge in [0.1, 0.15) is 0 Å². The molecule has 0 saturated carbocycles. The number of esters is 2. The Balaban J connectivity index is 2.25. The number of hydrogen-bond acceptors (Lipinski definition) is 4. The number of allylic oxidation sites excluding steroid dienone is 3. The van der Waals surface area contributed by atoms with Crippen molar-refractivity contribution in [1.82, 2.24) is 0 Å². The lowest BCUT2D eigenvalue weighted by atomic mass is 10.00. The minimum Gasteiger partial charge on any atom is -0.466 e. The summed E-state index contributed by atoms with van der Waals surface area (Å²) in [7, 11) is 1.34. The minimum atomic E-state index is -0.425. The van der Waals surface area contributed by atoms with Crippen LogP contribution in [0, 0.1) is 0 Å². The van der Waals surface area contributed by atoms with Crippen LogP contribution in [0.15, 0.2) is 72.8 Å². The van der Waals surface area contributed by atoms with E-state index in [1.807, 2.05) is 24.3 Å². The highest BCUT2D eigenvalue weighted by Crippen LogP contribution is 2.20. The normalized spacial score (nSPS) is 11.4. The number of hydrogen-bond donors (Lipinski definition) is 0.